The lowest BCUT2D eigenvalue weighted by atomic mass is 10.0. The maximum absolute atomic E-state index is 12.9. The van der Waals surface area contributed by atoms with Gasteiger partial charge in [0.1, 0.15) is 18.1 Å². The summed E-state index contributed by atoms with van der Waals surface area (Å²) in [5.41, 5.74) is 6.66. The van der Waals surface area contributed by atoms with Crippen LogP contribution in [0.4, 0.5) is 0 Å². The summed E-state index contributed by atoms with van der Waals surface area (Å²) in [5, 5.41) is 3.84. The molecule has 0 aliphatic rings. The van der Waals surface area contributed by atoms with Crippen molar-refractivity contribution >= 4 is 16.8 Å². The summed E-state index contributed by atoms with van der Waals surface area (Å²) in [5.74, 6) is 0.567. The van der Waals surface area contributed by atoms with E-state index in [0.717, 1.165) is 11.3 Å². The van der Waals surface area contributed by atoms with Crippen LogP contribution in [0.25, 0.3) is 10.9 Å². The summed E-state index contributed by atoms with van der Waals surface area (Å²) in [6.07, 6.45) is 1.62. The highest BCUT2D eigenvalue weighted by atomic mass is 16.3. The number of para-hydroxylation sites is 1. The van der Waals surface area contributed by atoms with E-state index in [1.165, 1.54) is 4.57 Å². The molecule has 29 heavy (non-hydrogen) atoms. The quantitative estimate of drug-likeness (QED) is 0.506. The number of hydrogen-bond acceptors (Lipinski definition) is 5. The number of benzene rings is 2. The van der Waals surface area contributed by atoms with Crippen LogP contribution in [0, 0.1) is 0 Å². The van der Waals surface area contributed by atoms with Gasteiger partial charge in [0.15, 0.2) is 0 Å². The Balaban J connectivity index is 1.72. The van der Waals surface area contributed by atoms with Gasteiger partial charge in [0, 0.05) is 0 Å². The zero-order valence-electron chi connectivity index (χ0n) is 15.6. The van der Waals surface area contributed by atoms with Gasteiger partial charge >= 0.3 is 0 Å². The Morgan fingerprint density at radius 1 is 1.07 bits per heavy atom. The van der Waals surface area contributed by atoms with E-state index in [4.69, 9.17) is 10.2 Å². The summed E-state index contributed by atoms with van der Waals surface area (Å²) >= 11 is 0. The molecule has 2 aromatic heterocycles. The third-order valence-electron chi connectivity index (χ3n) is 4.68. The fourth-order valence-corrected chi connectivity index (χ4v) is 3.34. The number of carbonyl (C=O) groups is 1. The first-order valence-corrected chi connectivity index (χ1v) is 9.22. The first-order chi connectivity index (χ1) is 14.1. The average Bonchev–Trinajstić information content (AvgIpc) is 3.26. The van der Waals surface area contributed by atoms with E-state index >= 15 is 0 Å². The third-order valence-corrected chi connectivity index (χ3v) is 4.68. The van der Waals surface area contributed by atoms with Crippen LogP contribution >= 0.6 is 0 Å². The van der Waals surface area contributed by atoms with Crippen LogP contribution in [0.5, 0.6) is 0 Å². The normalized spacial score (nSPS) is 12.1. The summed E-state index contributed by atoms with van der Waals surface area (Å²) in [4.78, 5) is 29.0. The Hall–Kier alpha value is -3.71. The number of aromatic nitrogens is 2. The van der Waals surface area contributed by atoms with Crippen molar-refractivity contribution in [2.24, 2.45) is 5.73 Å². The van der Waals surface area contributed by atoms with Gasteiger partial charge in [-0.2, -0.15) is 0 Å². The fourth-order valence-electron chi connectivity index (χ4n) is 3.34. The zero-order chi connectivity index (χ0) is 20.2. The predicted molar refractivity (Wildman–Crippen MR) is 109 cm³/mol. The molecule has 146 valence electrons. The van der Waals surface area contributed by atoms with Crippen molar-refractivity contribution in [2.45, 2.75) is 19.1 Å². The molecule has 4 rings (SSSR count). The highest BCUT2D eigenvalue weighted by molar-refractivity contribution is 5.78. The van der Waals surface area contributed by atoms with Crippen LogP contribution in [0.1, 0.15) is 23.2 Å². The number of fused-ring (bicyclic) bond motifs is 1. The van der Waals surface area contributed by atoms with Crippen LogP contribution in [0.15, 0.2) is 82.2 Å². The maximum Gasteiger partial charge on any atom is 0.261 e. The number of carbonyl (C=O) groups excluding carboxylic acids is 1. The molecule has 0 bridgehead atoms. The average molecular weight is 388 g/mol. The van der Waals surface area contributed by atoms with Crippen molar-refractivity contribution in [3.63, 3.8) is 0 Å². The van der Waals surface area contributed by atoms with E-state index in [0.29, 0.717) is 16.7 Å². The van der Waals surface area contributed by atoms with Crippen molar-refractivity contribution in [3.05, 3.63) is 100 Å². The van der Waals surface area contributed by atoms with Gasteiger partial charge in [-0.1, -0.05) is 42.5 Å². The first-order valence-electron chi connectivity index (χ1n) is 9.22. The van der Waals surface area contributed by atoms with Crippen molar-refractivity contribution < 1.29 is 9.21 Å². The number of nitrogens with one attached hydrogen (secondary N) is 1. The molecule has 0 unspecified atom stereocenters. The first kappa shape index (κ1) is 18.6. The summed E-state index contributed by atoms with van der Waals surface area (Å²) in [6.45, 7) is 0.0120. The van der Waals surface area contributed by atoms with E-state index in [2.05, 4.69) is 10.3 Å². The summed E-state index contributed by atoms with van der Waals surface area (Å²) in [7, 11) is 0. The molecular weight excluding hydrogens is 368 g/mol. The number of amides is 1. The molecule has 0 spiro atoms. The second-order valence-corrected chi connectivity index (χ2v) is 6.64. The van der Waals surface area contributed by atoms with Crippen molar-refractivity contribution in [1.82, 2.24) is 14.9 Å². The van der Waals surface area contributed by atoms with E-state index in [1.54, 1.807) is 24.5 Å². The smallest absolute Gasteiger partial charge is 0.261 e. The number of nitrogens with two attached hydrogens (primary N) is 1. The van der Waals surface area contributed by atoms with Gasteiger partial charge in [-0.3, -0.25) is 19.5 Å². The second kappa shape index (κ2) is 8.12. The fraction of sp³-hybridized carbons (Fsp3) is 0.136. The van der Waals surface area contributed by atoms with E-state index in [-0.39, 0.29) is 24.7 Å². The molecule has 1 atom stereocenters. The Morgan fingerprint density at radius 3 is 2.55 bits per heavy atom. The summed E-state index contributed by atoms with van der Waals surface area (Å²) < 4.78 is 6.92. The van der Waals surface area contributed by atoms with Crippen LogP contribution in [-0.4, -0.2) is 15.5 Å². The molecule has 0 saturated heterocycles. The molecule has 3 N–H and O–H groups in total. The number of rotatable bonds is 7. The lowest BCUT2D eigenvalue weighted by molar-refractivity contribution is -0.118. The van der Waals surface area contributed by atoms with Gasteiger partial charge in [-0.05, 0) is 29.8 Å². The minimum Gasteiger partial charge on any atom is -0.467 e. The monoisotopic (exact) mass is 388 g/mol. The topological polar surface area (TPSA) is 103 Å². The van der Waals surface area contributed by atoms with Crippen LogP contribution in [0.2, 0.25) is 0 Å². The molecule has 0 radical (unpaired) electrons. The van der Waals surface area contributed by atoms with Crippen LogP contribution in [-0.2, 0) is 17.9 Å². The van der Waals surface area contributed by atoms with E-state index in [9.17, 15) is 9.59 Å². The van der Waals surface area contributed by atoms with Gasteiger partial charge in [-0.25, -0.2) is 4.98 Å². The lowest BCUT2D eigenvalue weighted by Gasteiger charge is -2.19. The molecule has 0 saturated carbocycles. The minimum atomic E-state index is -0.601. The zero-order valence-corrected chi connectivity index (χ0v) is 15.6. The number of primary amides is 1. The molecule has 0 aliphatic heterocycles. The van der Waals surface area contributed by atoms with Gasteiger partial charge in [0.25, 0.3) is 5.56 Å². The van der Waals surface area contributed by atoms with Crippen molar-refractivity contribution in [2.75, 3.05) is 0 Å². The van der Waals surface area contributed by atoms with Crippen molar-refractivity contribution in [1.29, 1.82) is 0 Å². The van der Waals surface area contributed by atoms with Gasteiger partial charge in [-0.15, -0.1) is 0 Å². The second-order valence-electron chi connectivity index (χ2n) is 6.64. The molecule has 2 aromatic carbocycles. The van der Waals surface area contributed by atoms with Crippen LogP contribution < -0.4 is 16.6 Å². The predicted octanol–water partition coefficient (Wildman–Crippen LogP) is 2.35. The van der Waals surface area contributed by atoms with E-state index < -0.39 is 5.91 Å². The van der Waals surface area contributed by atoms with E-state index in [1.807, 2.05) is 48.5 Å². The Morgan fingerprint density at radius 2 is 1.83 bits per heavy atom. The molecular formula is C22H20N4O3. The molecule has 0 aliphatic carbocycles. The SMILES string of the molecule is NC(=O)Cn1c(CN[C@@H](c2ccccc2)c2ccco2)nc2ccccc2c1=O. The third kappa shape index (κ3) is 3.95. The highest BCUT2D eigenvalue weighted by Crippen LogP contribution is 2.22. The molecule has 7 nitrogen and oxygen atoms in total. The number of nitrogens with zero attached hydrogens (tertiary/aromatic N) is 2. The van der Waals surface area contributed by atoms with Crippen molar-refractivity contribution in [3.8, 4) is 0 Å². The standard InChI is InChI=1S/C22H20N4O3/c23-19(27)14-26-20(25-17-10-5-4-9-16(17)22(26)28)13-24-21(18-11-6-12-29-18)15-7-2-1-3-8-15/h1-12,21,24H,13-14H2,(H2,23,27)/t21-/m0/s1. The Kier molecular flexibility index (Phi) is 5.22. The Labute approximate surface area is 166 Å². The van der Waals surface area contributed by atoms with Crippen LogP contribution in [0.3, 0.4) is 0 Å². The number of hydrogen-bond donors (Lipinski definition) is 2. The molecule has 1 amide bonds. The Bertz CT molecular complexity index is 1180. The van der Waals surface area contributed by atoms with Gasteiger partial charge in [0.05, 0.1) is 29.8 Å². The van der Waals surface area contributed by atoms with Gasteiger partial charge in [0.2, 0.25) is 5.91 Å². The van der Waals surface area contributed by atoms with Gasteiger partial charge < -0.3 is 10.2 Å². The molecule has 4 aromatic rings. The summed E-state index contributed by atoms with van der Waals surface area (Å²) in [6, 6.07) is 20.3. The minimum absolute atomic E-state index is 0.232. The molecule has 0 fully saturated rings. The lowest BCUT2D eigenvalue weighted by Crippen LogP contribution is -2.34. The molecule has 7 heteroatoms. The largest absolute Gasteiger partial charge is 0.467 e. The maximum atomic E-state index is 12.9. The number of furan rings is 1. The highest BCUT2D eigenvalue weighted by Gasteiger charge is 2.19. The molecule has 2 heterocycles.